The van der Waals surface area contributed by atoms with Gasteiger partial charge in [-0.2, -0.15) is 0 Å². The summed E-state index contributed by atoms with van der Waals surface area (Å²) in [6.07, 6.45) is -0.348. The van der Waals surface area contributed by atoms with Gasteiger partial charge in [0.15, 0.2) is 5.78 Å². The molecule has 0 amide bonds. The molecular formula is C18H20FNO3S. The third-order valence-electron chi connectivity index (χ3n) is 4.23. The van der Waals surface area contributed by atoms with E-state index in [0.717, 1.165) is 4.88 Å². The minimum atomic E-state index is -0.719. The van der Waals surface area contributed by atoms with Crippen molar-refractivity contribution in [1.29, 1.82) is 0 Å². The summed E-state index contributed by atoms with van der Waals surface area (Å²) < 4.78 is 18.5. The SMILES string of the molecule is O=C(C[C@H]1COCCN1C[C@H](O)c1ccc(F)cc1)c1cccs1. The fraction of sp³-hybridized carbons (Fsp3) is 0.389. The first-order valence-corrected chi connectivity index (χ1v) is 8.83. The summed E-state index contributed by atoms with van der Waals surface area (Å²) in [5.41, 5.74) is 0.672. The molecule has 0 saturated carbocycles. The van der Waals surface area contributed by atoms with Crippen LogP contribution >= 0.6 is 11.3 Å². The fourth-order valence-corrected chi connectivity index (χ4v) is 3.56. The maximum absolute atomic E-state index is 13.0. The first kappa shape index (κ1) is 17.2. The molecule has 1 aliphatic heterocycles. The Hall–Kier alpha value is -1.60. The number of benzene rings is 1. The van der Waals surface area contributed by atoms with Crippen molar-refractivity contribution >= 4 is 17.1 Å². The van der Waals surface area contributed by atoms with Crippen LogP contribution in [0.5, 0.6) is 0 Å². The Kier molecular flexibility index (Phi) is 5.73. The first-order valence-electron chi connectivity index (χ1n) is 7.95. The molecule has 0 bridgehead atoms. The molecule has 128 valence electrons. The number of aliphatic hydroxyl groups excluding tert-OH is 1. The van der Waals surface area contributed by atoms with Gasteiger partial charge in [-0.15, -0.1) is 11.3 Å². The third kappa shape index (κ3) is 4.27. The summed E-state index contributed by atoms with van der Waals surface area (Å²) in [7, 11) is 0. The summed E-state index contributed by atoms with van der Waals surface area (Å²) in [5, 5.41) is 12.3. The molecule has 1 fully saturated rings. The van der Waals surface area contributed by atoms with Crippen molar-refractivity contribution in [2.45, 2.75) is 18.6 Å². The molecule has 24 heavy (non-hydrogen) atoms. The highest BCUT2D eigenvalue weighted by atomic mass is 32.1. The number of thiophene rings is 1. The van der Waals surface area contributed by atoms with Crippen molar-refractivity contribution in [3.63, 3.8) is 0 Å². The molecule has 1 aromatic heterocycles. The van der Waals surface area contributed by atoms with Gasteiger partial charge in [-0.1, -0.05) is 18.2 Å². The monoisotopic (exact) mass is 349 g/mol. The Balaban J connectivity index is 1.63. The molecule has 4 nitrogen and oxygen atoms in total. The van der Waals surface area contributed by atoms with E-state index in [1.807, 2.05) is 17.5 Å². The molecule has 3 rings (SSSR count). The highest BCUT2D eigenvalue weighted by molar-refractivity contribution is 7.12. The number of ketones is 1. The lowest BCUT2D eigenvalue weighted by Gasteiger charge is -2.36. The van der Waals surface area contributed by atoms with E-state index in [9.17, 15) is 14.3 Å². The van der Waals surface area contributed by atoms with E-state index in [0.29, 0.717) is 38.3 Å². The molecular weight excluding hydrogens is 329 g/mol. The quantitative estimate of drug-likeness (QED) is 0.815. The second-order valence-corrected chi connectivity index (χ2v) is 6.84. The predicted octanol–water partition coefficient (Wildman–Crippen LogP) is 2.89. The average molecular weight is 349 g/mol. The largest absolute Gasteiger partial charge is 0.387 e. The van der Waals surface area contributed by atoms with E-state index in [2.05, 4.69) is 4.90 Å². The number of halogens is 1. The van der Waals surface area contributed by atoms with Gasteiger partial charge >= 0.3 is 0 Å². The Morgan fingerprint density at radius 3 is 2.88 bits per heavy atom. The highest BCUT2D eigenvalue weighted by Gasteiger charge is 2.28. The van der Waals surface area contributed by atoms with Crippen LogP contribution in [-0.4, -0.2) is 48.1 Å². The van der Waals surface area contributed by atoms with Gasteiger partial charge < -0.3 is 9.84 Å². The number of carbonyl (C=O) groups is 1. The Labute approximate surface area is 144 Å². The van der Waals surface area contributed by atoms with Gasteiger partial charge in [-0.3, -0.25) is 9.69 Å². The number of aliphatic hydroxyl groups is 1. The molecule has 1 aliphatic rings. The normalized spacial score (nSPS) is 20.0. The Morgan fingerprint density at radius 2 is 2.17 bits per heavy atom. The molecule has 0 spiro atoms. The van der Waals surface area contributed by atoms with Gasteiger partial charge in [0.1, 0.15) is 5.82 Å². The number of hydrogen-bond acceptors (Lipinski definition) is 5. The predicted molar refractivity (Wildman–Crippen MR) is 90.8 cm³/mol. The van der Waals surface area contributed by atoms with Gasteiger partial charge in [0.25, 0.3) is 0 Å². The van der Waals surface area contributed by atoms with Crippen molar-refractivity contribution in [1.82, 2.24) is 4.90 Å². The van der Waals surface area contributed by atoms with Crippen molar-refractivity contribution < 1.29 is 19.0 Å². The lowest BCUT2D eigenvalue weighted by atomic mass is 10.0. The molecule has 6 heteroatoms. The molecule has 0 radical (unpaired) electrons. The standard InChI is InChI=1S/C18H20FNO3S/c19-14-5-3-13(4-6-14)17(22)11-20-7-8-23-12-15(20)10-16(21)18-2-1-9-24-18/h1-6,9,15,17,22H,7-8,10-12H2/t15-,17-/m0/s1. The number of ether oxygens (including phenoxy) is 1. The molecule has 1 aromatic carbocycles. The molecule has 0 unspecified atom stereocenters. The number of rotatable bonds is 6. The topological polar surface area (TPSA) is 49.8 Å². The lowest BCUT2D eigenvalue weighted by Crippen LogP contribution is -2.48. The van der Waals surface area contributed by atoms with E-state index in [-0.39, 0.29) is 17.6 Å². The van der Waals surface area contributed by atoms with Crippen LogP contribution in [-0.2, 0) is 4.74 Å². The highest BCUT2D eigenvalue weighted by Crippen LogP contribution is 2.21. The van der Waals surface area contributed by atoms with E-state index in [1.54, 1.807) is 12.1 Å². The lowest BCUT2D eigenvalue weighted by molar-refractivity contribution is -0.0272. The van der Waals surface area contributed by atoms with Gasteiger partial charge in [0.2, 0.25) is 0 Å². The zero-order chi connectivity index (χ0) is 16.9. The smallest absolute Gasteiger partial charge is 0.174 e. The van der Waals surface area contributed by atoms with Crippen LogP contribution in [0.3, 0.4) is 0 Å². The van der Waals surface area contributed by atoms with Crippen molar-refractivity contribution in [2.24, 2.45) is 0 Å². The minimum Gasteiger partial charge on any atom is -0.387 e. The maximum atomic E-state index is 13.0. The molecule has 2 heterocycles. The summed E-state index contributed by atoms with van der Waals surface area (Å²) in [5.74, 6) is -0.224. The van der Waals surface area contributed by atoms with E-state index >= 15 is 0 Å². The number of β-amino-alcohol motifs (C(OH)–C–C–N with tert-alkyl or cyclic N) is 1. The van der Waals surface area contributed by atoms with Crippen LogP contribution in [0.2, 0.25) is 0 Å². The first-order chi connectivity index (χ1) is 11.6. The Bertz CT molecular complexity index is 659. The zero-order valence-electron chi connectivity index (χ0n) is 13.2. The van der Waals surface area contributed by atoms with Crippen LogP contribution in [0.1, 0.15) is 27.8 Å². The Morgan fingerprint density at radius 1 is 1.38 bits per heavy atom. The molecule has 1 N–H and O–H groups in total. The molecule has 1 saturated heterocycles. The van der Waals surface area contributed by atoms with Crippen LogP contribution in [0.25, 0.3) is 0 Å². The maximum Gasteiger partial charge on any atom is 0.174 e. The summed E-state index contributed by atoms with van der Waals surface area (Å²) in [6, 6.07) is 9.51. The minimum absolute atomic E-state index is 0.0524. The van der Waals surface area contributed by atoms with E-state index < -0.39 is 6.10 Å². The second-order valence-electron chi connectivity index (χ2n) is 5.90. The number of carbonyl (C=O) groups excluding carboxylic acids is 1. The number of nitrogens with zero attached hydrogens (tertiary/aromatic N) is 1. The van der Waals surface area contributed by atoms with Crippen molar-refractivity contribution in [3.05, 3.63) is 58.0 Å². The van der Waals surface area contributed by atoms with Crippen LogP contribution < -0.4 is 0 Å². The fourth-order valence-electron chi connectivity index (χ4n) is 2.88. The molecule has 0 aliphatic carbocycles. The van der Waals surface area contributed by atoms with Crippen LogP contribution in [0.15, 0.2) is 41.8 Å². The van der Waals surface area contributed by atoms with Gasteiger partial charge in [0, 0.05) is 25.6 Å². The van der Waals surface area contributed by atoms with E-state index in [1.165, 1.54) is 23.5 Å². The van der Waals surface area contributed by atoms with Gasteiger partial charge in [-0.25, -0.2) is 4.39 Å². The summed E-state index contributed by atoms with van der Waals surface area (Å²) in [4.78, 5) is 15.2. The van der Waals surface area contributed by atoms with Gasteiger partial charge in [-0.05, 0) is 29.1 Å². The van der Waals surface area contributed by atoms with E-state index in [4.69, 9.17) is 4.74 Å². The third-order valence-corrected chi connectivity index (χ3v) is 5.14. The van der Waals surface area contributed by atoms with Crippen LogP contribution in [0, 0.1) is 5.82 Å². The molecule has 2 atom stereocenters. The molecule has 2 aromatic rings. The zero-order valence-corrected chi connectivity index (χ0v) is 14.0. The van der Waals surface area contributed by atoms with Crippen molar-refractivity contribution in [3.8, 4) is 0 Å². The second kappa shape index (κ2) is 7.98. The average Bonchev–Trinajstić information content (AvgIpc) is 3.12. The summed E-state index contributed by atoms with van der Waals surface area (Å²) >= 11 is 1.44. The summed E-state index contributed by atoms with van der Waals surface area (Å²) in [6.45, 7) is 2.13. The van der Waals surface area contributed by atoms with Crippen molar-refractivity contribution in [2.75, 3.05) is 26.3 Å². The van der Waals surface area contributed by atoms with Gasteiger partial charge in [0.05, 0.1) is 24.2 Å². The number of morpholine rings is 1. The number of Topliss-reactive ketones (excluding diaryl/α,β-unsaturated/α-hetero) is 1. The number of hydrogen-bond donors (Lipinski definition) is 1. The van der Waals surface area contributed by atoms with Crippen LogP contribution in [0.4, 0.5) is 4.39 Å².